The lowest BCUT2D eigenvalue weighted by atomic mass is 10.2. The fourth-order valence-electron chi connectivity index (χ4n) is 3.93. The summed E-state index contributed by atoms with van der Waals surface area (Å²) in [4.78, 5) is 64.0. The third-order valence-corrected chi connectivity index (χ3v) is 6.36. The van der Waals surface area contributed by atoms with Gasteiger partial charge in [0.25, 0.3) is 23.6 Å². The van der Waals surface area contributed by atoms with Crippen LogP contribution in [-0.4, -0.2) is 145 Å². The summed E-state index contributed by atoms with van der Waals surface area (Å²) in [6.45, 7) is 6.18. The van der Waals surface area contributed by atoms with Gasteiger partial charge in [0, 0.05) is 25.0 Å². The number of hydroxylamine groups is 2. The smallest absolute Gasteiger partial charge is 0.363 e. The molecule has 0 aromatic heterocycles. The zero-order valence-corrected chi connectivity index (χ0v) is 26.3. The van der Waals surface area contributed by atoms with Crippen molar-refractivity contribution in [3.8, 4) is 5.75 Å². The van der Waals surface area contributed by atoms with Crippen LogP contribution in [0.15, 0.2) is 36.4 Å². The number of rotatable bonds is 27. The first kappa shape index (κ1) is 37.7. The maximum Gasteiger partial charge on any atom is 0.363 e. The molecule has 0 unspecified atom stereocenters. The summed E-state index contributed by atoms with van der Waals surface area (Å²) in [5.74, 6) is -1.98. The Kier molecular flexibility index (Phi) is 18.2. The van der Waals surface area contributed by atoms with Crippen LogP contribution in [0.1, 0.15) is 23.2 Å². The predicted octanol–water partition coefficient (Wildman–Crippen LogP) is 0.327. The van der Waals surface area contributed by atoms with Crippen LogP contribution in [0.5, 0.6) is 5.75 Å². The van der Waals surface area contributed by atoms with E-state index in [4.69, 9.17) is 42.7 Å². The molecule has 0 radical (unpaired) electrons. The molecule has 260 valence electrons. The van der Waals surface area contributed by atoms with Crippen LogP contribution < -0.4 is 4.74 Å². The van der Waals surface area contributed by atoms with Crippen molar-refractivity contribution in [2.75, 3.05) is 106 Å². The Morgan fingerprint density at radius 3 is 1.34 bits per heavy atom. The first-order valence-electron chi connectivity index (χ1n) is 15.3. The van der Waals surface area contributed by atoms with Gasteiger partial charge in [-0.05, 0) is 24.3 Å². The van der Waals surface area contributed by atoms with Crippen molar-refractivity contribution in [2.24, 2.45) is 0 Å². The number of hydrogen-bond acceptors (Lipinski definition) is 14. The van der Waals surface area contributed by atoms with Crippen LogP contribution in [0.3, 0.4) is 0 Å². The molecule has 0 atom stereocenters. The Balaban J connectivity index is 0.995. The normalized spacial score (nSPS) is 14.6. The first-order valence-corrected chi connectivity index (χ1v) is 15.3. The second-order valence-electron chi connectivity index (χ2n) is 9.78. The highest BCUT2D eigenvalue weighted by Gasteiger charge is 2.33. The highest BCUT2D eigenvalue weighted by Crippen LogP contribution is 2.16. The SMILES string of the molecule is O=C(ON1C(=O)CCC1=O)c1ccc(OCCOCCOCCOCCOCCOCCOCCOCCN2C(=O)C=CC2=O)cc1. The van der Waals surface area contributed by atoms with Gasteiger partial charge in [0.05, 0.1) is 105 Å². The Morgan fingerprint density at radius 1 is 0.532 bits per heavy atom. The van der Waals surface area contributed by atoms with Crippen molar-refractivity contribution in [1.82, 2.24) is 9.96 Å². The van der Waals surface area contributed by atoms with Crippen molar-refractivity contribution in [3.05, 3.63) is 42.0 Å². The maximum atomic E-state index is 12.1. The summed E-state index contributed by atoms with van der Waals surface area (Å²) in [5.41, 5.74) is 0.184. The maximum absolute atomic E-state index is 12.1. The second-order valence-corrected chi connectivity index (χ2v) is 9.78. The lowest BCUT2D eigenvalue weighted by Crippen LogP contribution is -2.33. The van der Waals surface area contributed by atoms with Crippen LogP contribution in [-0.2, 0) is 57.2 Å². The quantitative estimate of drug-likeness (QED) is 0.0928. The standard InChI is InChI=1S/C31H42N2O14/c34-27-5-6-28(35)32(27)9-10-39-11-12-40-13-14-41-15-16-42-17-18-43-19-20-44-21-22-45-23-24-46-26-3-1-25(2-4-26)31(38)47-33-29(36)7-8-30(33)37/h1-6H,7-24H2. The molecular formula is C31H42N2O14. The van der Waals surface area contributed by atoms with Crippen molar-refractivity contribution >= 4 is 29.6 Å². The summed E-state index contributed by atoms with van der Waals surface area (Å²) < 4.78 is 43.5. The highest BCUT2D eigenvalue weighted by molar-refractivity contribution is 6.12. The molecule has 1 aromatic rings. The van der Waals surface area contributed by atoms with E-state index in [-0.39, 0.29) is 43.4 Å². The fraction of sp³-hybridized carbons (Fsp3) is 0.581. The first-order chi connectivity index (χ1) is 23.0. The number of hydrogen-bond donors (Lipinski definition) is 0. The predicted molar refractivity (Wildman–Crippen MR) is 160 cm³/mol. The molecule has 1 aromatic carbocycles. The van der Waals surface area contributed by atoms with E-state index in [1.807, 2.05) is 0 Å². The Bertz CT molecular complexity index is 1130. The Morgan fingerprint density at radius 2 is 0.915 bits per heavy atom. The molecule has 0 spiro atoms. The van der Waals surface area contributed by atoms with Crippen molar-refractivity contribution < 1.29 is 66.7 Å². The highest BCUT2D eigenvalue weighted by atomic mass is 16.7. The topological polar surface area (TPSA) is 175 Å². The average Bonchev–Trinajstić information content (AvgIpc) is 3.57. The van der Waals surface area contributed by atoms with E-state index in [9.17, 15) is 24.0 Å². The van der Waals surface area contributed by atoms with E-state index in [1.165, 1.54) is 24.3 Å². The van der Waals surface area contributed by atoms with Crippen LogP contribution >= 0.6 is 0 Å². The van der Waals surface area contributed by atoms with Gasteiger partial charge in [-0.15, -0.1) is 5.06 Å². The summed E-state index contributed by atoms with van der Waals surface area (Å²) in [7, 11) is 0. The van der Waals surface area contributed by atoms with Crippen LogP contribution in [0.2, 0.25) is 0 Å². The summed E-state index contributed by atoms with van der Waals surface area (Å²) in [5, 5.41) is 0.507. The van der Waals surface area contributed by atoms with Gasteiger partial charge < -0.3 is 42.7 Å². The molecule has 16 heteroatoms. The minimum Gasteiger partial charge on any atom is -0.491 e. The number of carbonyl (C=O) groups excluding carboxylic acids is 5. The monoisotopic (exact) mass is 666 g/mol. The molecule has 0 bridgehead atoms. The molecule has 1 saturated heterocycles. The van der Waals surface area contributed by atoms with Gasteiger partial charge in [-0.1, -0.05) is 0 Å². The molecule has 3 rings (SSSR count). The van der Waals surface area contributed by atoms with Gasteiger partial charge in [-0.3, -0.25) is 24.1 Å². The second kappa shape index (κ2) is 22.7. The van der Waals surface area contributed by atoms with Gasteiger partial charge in [-0.25, -0.2) is 4.79 Å². The van der Waals surface area contributed by atoms with E-state index in [0.717, 1.165) is 4.90 Å². The van der Waals surface area contributed by atoms with Gasteiger partial charge in [-0.2, -0.15) is 0 Å². The summed E-state index contributed by atoms with van der Waals surface area (Å²) in [6, 6.07) is 6.13. The van der Waals surface area contributed by atoms with E-state index in [1.54, 1.807) is 12.1 Å². The van der Waals surface area contributed by atoms with Gasteiger partial charge >= 0.3 is 5.97 Å². The summed E-state index contributed by atoms with van der Waals surface area (Å²) >= 11 is 0. The number of ether oxygens (including phenoxy) is 8. The molecule has 2 aliphatic heterocycles. The lowest BCUT2D eigenvalue weighted by molar-refractivity contribution is -0.172. The van der Waals surface area contributed by atoms with Crippen LogP contribution in [0, 0.1) is 0 Å². The van der Waals surface area contributed by atoms with Crippen LogP contribution in [0.25, 0.3) is 0 Å². The molecule has 2 aliphatic rings. The van der Waals surface area contributed by atoms with E-state index in [0.29, 0.717) is 103 Å². The molecule has 0 N–H and O–H groups in total. The molecule has 47 heavy (non-hydrogen) atoms. The molecule has 16 nitrogen and oxygen atoms in total. The molecular weight excluding hydrogens is 624 g/mol. The Labute approximate surface area is 272 Å². The average molecular weight is 667 g/mol. The fourth-order valence-corrected chi connectivity index (χ4v) is 3.93. The van der Waals surface area contributed by atoms with Gasteiger partial charge in [0.2, 0.25) is 0 Å². The van der Waals surface area contributed by atoms with Crippen LogP contribution in [0.4, 0.5) is 0 Å². The number of amides is 4. The van der Waals surface area contributed by atoms with E-state index in [2.05, 4.69) is 0 Å². The van der Waals surface area contributed by atoms with Gasteiger partial charge in [0.15, 0.2) is 0 Å². The third kappa shape index (κ3) is 15.1. The molecule has 4 amide bonds. The van der Waals surface area contributed by atoms with Crippen molar-refractivity contribution in [3.63, 3.8) is 0 Å². The number of nitrogens with zero attached hydrogens (tertiary/aromatic N) is 2. The number of imide groups is 2. The lowest BCUT2D eigenvalue weighted by Gasteiger charge is -2.13. The summed E-state index contributed by atoms with van der Waals surface area (Å²) in [6.07, 6.45) is 2.56. The third-order valence-electron chi connectivity index (χ3n) is 6.36. The molecule has 0 saturated carbocycles. The number of carbonyl (C=O) groups is 5. The molecule has 0 aliphatic carbocycles. The zero-order valence-electron chi connectivity index (χ0n) is 26.3. The minimum absolute atomic E-state index is 0.0351. The van der Waals surface area contributed by atoms with Crippen molar-refractivity contribution in [2.45, 2.75) is 12.8 Å². The molecule has 2 heterocycles. The zero-order chi connectivity index (χ0) is 33.5. The van der Waals surface area contributed by atoms with E-state index < -0.39 is 17.8 Å². The Hall–Kier alpha value is -3.77. The van der Waals surface area contributed by atoms with Crippen molar-refractivity contribution in [1.29, 1.82) is 0 Å². The molecule has 1 fully saturated rings. The minimum atomic E-state index is -0.798. The van der Waals surface area contributed by atoms with Gasteiger partial charge in [0.1, 0.15) is 12.4 Å². The number of benzene rings is 1. The largest absolute Gasteiger partial charge is 0.491 e. The van der Waals surface area contributed by atoms with E-state index >= 15 is 0 Å².